The first-order valence-electron chi connectivity index (χ1n) is 5.99. The molecule has 3 N–H and O–H groups in total. The van der Waals surface area contributed by atoms with Crippen LogP contribution in [0.25, 0.3) is 0 Å². The molecular weight excluding hydrogens is 260 g/mol. The third-order valence-electron chi connectivity index (χ3n) is 2.94. The number of rotatable bonds is 3. The predicted octanol–water partition coefficient (Wildman–Crippen LogP) is 3.66. The van der Waals surface area contributed by atoms with Crippen molar-refractivity contribution in [3.63, 3.8) is 0 Å². The second-order valence-corrected chi connectivity index (χ2v) is 4.77. The lowest BCUT2D eigenvalue weighted by molar-refractivity contribution is -0.117. The monoisotopic (exact) mass is 274 g/mol. The number of nitrogens with one attached hydrogen (secondary N) is 1. The zero-order valence-corrected chi connectivity index (χ0v) is 11.3. The molecule has 0 heterocycles. The van der Waals surface area contributed by atoms with E-state index in [-0.39, 0.29) is 11.8 Å². The van der Waals surface area contributed by atoms with Crippen LogP contribution in [0, 0.1) is 0 Å². The van der Waals surface area contributed by atoms with Crippen LogP contribution in [0.1, 0.15) is 18.4 Å². The van der Waals surface area contributed by atoms with Crippen LogP contribution in [0.5, 0.6) is 0 Å². The van der Waals surface area contributed by atoms with Gasteiger partial charge in [-0.2, -0.15) is 0 Å². The first-order chi connectivity index (χ1) is 9.08. The fraction of sp³-hybridized carbons (Fsp3) is 0.133. The van der Waals surface area contributed by atoms with Gasteiger partial charge in [0.1, 0.15) is 0 Å². The molecule has 4 heteroatoms. The van der Waals surface area contributed by atoms with Gasteiger partial charge in [-0.15, -0.1) is 0 Å². The maximum Gasteiger partial charge on any atom is 0.231 e. The SMILES string of the molecule is CC(C(=O)Nc1ccccc1Cl)c1cccc(N)c1. The molecule has 1 unspecified atom stereocenters. The number of carbonyl (C=O) groups is 1. The maximum atomic E-state index is 12.2. The highest BCUT2D eigenvalue weighted by atomic mass is 35.5. The standard InChI is InChI=1S/C15H15ClN2O/c1-10(11-5-4-6-12(17)9-11)15(19)18-14-8-3-2-7-13(14)16/h2-10H,17H2,1H3,(H,18,19). The van der Waals surface area contributed by atoms with Crippen molar-refractivity contribution >= 4 is 28.9 Å². The Bertz CT molecular complexity index is 598. The van der Waals surface area contributed by atoms with Crippen LogP contribution in [0.15, 0.2) is 48.5 Å². The molecule has 2 rings (SSSR count). The van der Waals surface area contributed by atoms with Crippen molar-refractivity contribution in [3.05, 3.63) is 59.1 Å². The molecule has 0 saturated carbocycles. The minimum atomic E-state index is -0.292. The molecule has 0 aliphatic carbocycles. The Morgan fingerprint density at radius 1 is 1.21 bits per heavy atom. The van der Waals surface area contributed by atoms with Crippen molar-refractivity contribution in [2.45, 2.75) is 12.8 Å². The van der Waals surface area contributed by atoms with Gasteiger partial charge in [-0.3, -0.25) is 4.79 Å². The van der Waals surface area contributed by atoms with Crippen LogP contribution in [-0.4, -0.2) is 5.91 Å². The second-order valence-electron chi connectivity index (χ2n) is 4.36. The minimum Gasteiger partial charge on any atom is -0.399 e. The van der Waals surface area contributed by atoms with E-state index < -0.39 is 0 Å². The number of nitrogens with two attached hydrogens (primary N) is 1. The molecule has 3 nitrogen and oxygen atoms in total. The molecule has 2 aromatic rings. The van der Waals surface area contributed by atoms with E-state index in [2.05, 4.69) is 5.32 Å². The van der Waals surface area contributed by atoms with Gasteiger partial charge in [0, 0.05) is 5.69 Å². The topological polar surface area (TPSA) is 55.1 Å². The zero-order valence-electron chi connectivity index (χ0n) is 10.6. The van der Waals surface area contributed by atoms with Gasteiger partial charge in [0.25, 0.3) is 0 Å². The van der Waals surface area contributed by atoms with Crippen molar-refractivity contribution in [1.29, 1.82) is 0 Å². The number of amides is 1. The number of anilines is 2. The highest BCUT2D eigenvalue weighted by Crippen LogP contribution is 2.24. The van der Waals surface area contributed by atoms with E-state index in [1.54, 1.807) is 24.3 Å². The van der Waals surface area contributed by atoms with Crippen LogP contribution in [0.4, 0.5) is 11.4 Å². The van der Waals surface area contributed by atoms with Gasteiger partial charge in [0.2, 0.25) is 5.91 Å². The third kappa shape index (κ3) is 3.26. The van der Waals surface area contributed by atoms with Crippen LogP contribution in [-0.2, 0) is 4.79 Å². The summed E-state index contributed by atoms with van der Waals surface area (Å²) in [6.45, 7) is 1.83. The Kier molecular flexibility index (Phi) is 4.07. The highest BCUT2D eigenvalue weighted by molar-refractivity contribution is 6.33. The van der Waals surface area contributed by atoms with E-state index >= 15 is 0 Å². The molecule has 19 heavy (non-hydrogen) atoms. The number of benzene rings is 2. The van der Waals surface area contributed by atoms with Crippen molar-refractivity contribution < 1.29 is 4.79 Å². The smallest absolute Gasteiger partial charge is 0.231 e. The molecule has 0 aliphatic heterocycles. The number of carbonyl (C=O) groups excluding carboxylic acids is 1. The first-order valence-corrected chi connectivity index (χ1v) is 6.36. The van der Waals surface area contributed by atoms with Gasteiger partial charge in [0.05, 0.1) is 16.6 Å². The lowest BCUT2D eigenvalue weighted by atomic mass is 10.00. The fourth-order valence-corrected chi connectivity index (χ4v) is 1.97. The number of para-hydroxylation sites is 1. The summed E-state index contributed by atoms with van der Waals surface area (Å²) in [6, 6.07) is 14.5. The molecule has 0 radical (unpaired) electrons. The van der Waals surface area contributed by atoms with Crippen molar-refractivity contribution in [3.8, 4) is 0 Å². The first kappa shape index (κ1) is 13.4. The van der Waals surface area contributed by atoms with Gasteiger partial charge in [-0.25, -0.2) is 0 Å². The summed E-state index contributed by atoms with van der Waals surface area (Å²) in [5.41, 5.74) is 7.86. The lowest BCUT2D eigenvalue weighted by Crippen LogP contribution is -2.19. The van der Waals surface area contributed by atoms with Gasteiger partial charge >= 0.3 is 0 Å². The van der Waals surface area contributed by atoms with Gasteiger partial charge in [0.15, 0.2) is 0 Å². The Morgan fingerprint density at radius 2 is 1.95 bits per heavy atom. The third-order valence-corrected chi connectivity index (χ3v) is 3.27. The molecule has 0 bridgehead atoms. The van der Waals surface area contributed by atoms with Crippen LogP contribution in [0.3, 0.4) is 0 Å². The van der Waals surface area contributed by atoms with E-state index in [1.807, 2.05) is 31.2 Å². The summed E-state index contributed by atoms with van der Waals surface area (Å²) in [6.07, 6.45) is 0. The summed E-state index contributed by atoms with van der Waals surface area (Å²) >= 11 is 6.01. The molecule has 0 fully saturated rings. The van der Waals surface area contributed by atoms with E-state index in [1.165, 1.54) is 0 Å². The summed E-state index contributed by atoms with van der Waals surface area (Å²) in [5.74, 6) is -0.404. The zero-order chi connectivity index (χ0) is 13.8. The number of hydrogen-bond acceptors (Lipinski definition) is 2. The molecule has 1 atom stereocenters. The van der Waals surface area contributed by atoms with E-state index in [9.17, 15) is 4.79 Å². The molecule has 98 valence electrons. The van der Waals surface area contributed by atoms with E-state index in [0.29, 0.717) is 16.4 Å². The number of hydrogen-bond donors (Lipinski definition) is 2. The van der Waals surface area contributed by atoms with Gasteiger partial charge in [-0.1, -0.05) is 35.9 Å². The Balaban J connectivity index is 2.14. The molecule has 0 aromatic heterocycles. The maximum absolute atomic E-state index is 12.2. The second kappa shape index (κ2) is 5.76. The van der Waals surface area contributed by atoms with Crippen molar-refractivity contribution in [2.24, 2.45) is 0 Å². The molecule has 1 amide bonds. The van der Waals surface area contributed by atoms with Crippen LogP contribution in [0.2, 0.25) is 5.02 Å². The normalized spacial score (nSPS) is 11.9. The molecular formula is C15H15ClN2O. The van der Waals surface area contributed by atoms with Crippen molar-refractivity contribution in [2.75, 3.05) is 11.1 Å². The summed E-state index contributed by atoms with van der Waals surface area (Å²) in [5, 5.41) is 3.34. The summed E-state index contributed by atoms with van der Waals surface area (Å²) in [7, 11) is 0. The summed E-state index contributed by atoms with van der Waals surface area (Å²) < 4.78 is 0. The molecule has 2 aromatic carbocycles. The molecule has 0 saturated heterocycles. The number of nitrogen functional groups attached to an aromatic ring is 1. The Labute approximate surface area is 117 Å². The van der Waals surface area contributed by atoms with Gasteiger partial charge in [-0.05, 0) is 36.8 Å². The molecule has 0 spiro atoms. The minimum absolute atomic E-state index is 0.112. The largest absolute Gasteiger partial charge is 0.399 e. The van der Waals surface area contributed by atoms with Crippen LogP contribution < -0.4 is 11.1 Å². The number of halogens is 1. The average molecular weight is 275 g/mol. The quantitative estimate of drug-likeness (QED) is 0.839. The lowest BCUT2D eigenvalue weighted by Gasteiger charge is -2.13. The van der Waals surface area contributed by atoms with Gasteiger partial charge < -0.3 is 11.1 Å². The van der Waals surface area contributed by atoms with Crippen molar-refractivity contribution in [1.82, 2.24) is 0 Å². The highest BCUT2D eigenvalue weighted by Gasteiger charge is 2.16. The molecule has 0 aliphatic rings. The summed E-state index contributed by atoms with van der Waals surface area (Å²) in [4.78, 5) is 12.2. The Morgan fingerprint density at radius 3 is 2.63 bits per heavy atom. The Hall–Kier alpha value is -2.00. The predicted molar refractivity (Wildman–Crippen MR) is 79.4 cm³/mol. The average Bonchev–Trinajstić information content (AvgIpc) is 2.40. The van der Waals surface area contributed by atoms with E-state index in [0.717, 1.165) is 5.56 Å². The fourth-order valence-electron chi connectivity index (χ4n) is 1.78. The van der Waals surface area contributed by atoms with Crippen LogP contribution >= 0.6 is 11.6 Å². The van der Waals surface area contributed by atoms with E-state index in [4.69, 9.17) is 17.3 Å².